The van der Waals surface area contributed by atoms with Crippen molar-refractivity contribution in [3.63, 3.8) is 0 Å². The summed E-state index contributed by atoms with van der Waals surface area (Å²) in [6.45, 7) is 2.82. The maximum Gasteiger partial charge on any atom is 0.320 e. The second kappa shape index (κ2) is 6.84. The Morgan fingerprint density at radius 3 is 2.96 bits per heavy atom. The van der Waals surface area contributed by atoms with Crippen LogP contribution in [0.25, 0.3) is 0 Å². The zero-order valence-electron chi connectivity index (χ0n) is 12.9. The summed E-state index contributed by atoms with van der Waals surface area (Å²) in [5.74, 6) is 0.367. The molecule has 0 fully saturated rings. The minimum atomic E-state index is -0.475. The predicted molar refractivity (Wildman–Crippen MR) is 93.0 cm³/mol. The Labute approximate surface area is 143 Å². The van der Waals surface area contributed by atoms with E-state index in [4.69, 9.17) is 11.6 Å². The van der Waals surface area contributed by atoms with Gasteiger partial charge in [-0.15, -0.1) is 0 Å². The van der Waals surface area contributed by atoms with E-state index in [1.54, 1.807) is 18.2 Å². The predicted octanol–water partition coefficient (Wildman–Crippen LogP) is 3.56. The van der Waals surface area contributed by atoms with Crippen molar-refractivity contribution >= 4 is 40.7 Å². The second-order valence-electron chi connectivity index (χ2n) is 5.09. The summed E-state index contributed by atoms with van der Waals surface area (Å²) >= 11 is 5.83. The molecule has 0 aliphatic carbocycles. The van der Waals surface area contributed by atoms with Gasteiger partial charge in [0.2, 0.25) is 0 Å². The van der Waals surface area contributed by atoms with E-state index in [1.807, 2.05) is 6.92 Å². The number of anilines is 2. The number of hydrogen-bond donors (Lipinski definition) is 3. The van der Waals surface area contributed by atoms with E-state index >= 15 is 0 Å². The number of amides is 2. The maximum atomic E-state index is 13.3. The van der Waals surface area contributed by atoms with Crippen molar-refractivity contribution < 1.29 is 9.18 Å². The highest BCUT2D eigenvalue weighted by molar-refractivity contribution is 6.31. The molecule has 1 aliphatic heterocycles. The molecule has 0 atom stereocenters. The standard InChI is InChI=1S/C16H15ClFN5O/c1-2-19-16(24)23-14-6-5-12-15(22-14)21-13(8-20-12)9-3-4-11(18)10(17)7-9/h3-7,20H,2,8H2,1H3,(H2,19,22,23,24). The quantitative estimate of drug-likeness (QED) is 0.794. The summed E-state index contributed by atoms with van der Waals surface area (Å²) in [6, 6.07) is 7.60. The third-order valence-electron chi connectivity index (χ3n) is 3.39. The Kier molecular flexibility index (Phi) is 4.61. The van der Waals surface area contributed by atoms with Crippen LogP contribution in [-0.2, 0) is 0 Å². The van der Waals surface area contributed by atoms with Crippen LogP contribution in [0.5, 0.6) is 0 Å². The summed E-state index contributed by atoms with van der Waals surface area (Å²) in [4.78, 5) is 20.4. The fraction of sp³-hybridized carbons (Fsp3) is 0.188. The molecular formula is C16H15ClFN5O. The highest BCUT2D eigenvalue weighted by Gasteiger charge is 2.16. The number of carbonyl (C=O) groups is 1. The fourth-order valence-corrected chi connectivity index (χ4v) is 2.43. The number of halogens is 2. The van der Waals surface area contributed by atoms with Gasteiger partial charge >= 0.3 is 6.03 Å². The first-order chi connectivity index (χ1) is 11.6. The number of urea groups is 1. The summed E-state index contributed by atoms with van der Waals surface area (Å²) in [7, 11) is 0. The molecule has 0 unspecified atom stereocenters. The van der Waals surface area contributed by atoms with Gasteiger partial charge in [-0.1, -0.05) is 17.7 Å². The van der Waals surface area contributed by atoms with Crippen LogP contribution in [0, 0.1) is 5.82 Å². The number of hydrogen-bond acceptors (Lipinski definition) is 4. The number of rotatable bonds is 3. The molecule has 0 radical (unpaired) electrons. The number of fused-ring (bicyclic) bond motifs is 1. The number of benzene rings is 1. The van der Waals surface area contributed by atoms with Crippen molar-refractivity contribution in [3.05, 3.63) is 46.7 Å². The van der Waals surface area contributed by atoms with Crippen LogP contribution < -0.4 is 16.0 Å². The highest BCUT2D eigenvalue weighted by Crippen LogP contribution is 2.29. The van der Waals surface area contributed by atoms with Crippen molar-refractivity contribution in [2.24, 2.45) is 4.99 Å². The Hall–Kier alpha value is -2.67. The molecule has 1 aliphatic rings. The topological polar surface area (TPSA) is 78.4 Å². The van der Waals surface area contributed by atoms with E-state index in [0.717, 1.165) is 5.69 Å². The molecule has 6 nitrogen and oxygen atoms in total. The Bertz CT molecular complexity index is 824. The summed E-state index contributed by atoms with van der Waals surface area (Å²) in [6.07, 6.45) is 0. The van der Waals surface area contributed by atoms with Gasteiger partial charge in [0.05, 0.1) is 23.0 Å². The Morgan fingerprint density at radius 2 is 2.21 bits per heavy atom. The molecule has 1 aromatic carbocycles. The monoisotopic (exact) mass is 347 g/mol. The van der Waals surface area contributed by atoms with E-state index < -0.39 is 5.82 Å². The number of aliphatic imine (C=N–C) groups is 1. The van der Waals surface area contributed by atoms with Crippen LogP contribution >= 0.6 is 11.6 Å². The molecular weight excluding hydrogens is 333 g/mol. The number of nitrogens with zero attached hydrogens (tertiary/aromatic N) is 2. The lowest BCUT2D eigenvalue weighted by atomic mass is 10.1. The minimum absolute atomic E-state index is 0.0422. The SMILES string of the molecule is CCNC(=O)Nc1ccc2c(n1)N=C(c1ccc(F)c(Cl)c1)CN2. The summed E-state index contributed by atoms with van der Waals surface area (Å²) in [5, 5.41) is 8.50. The number of pyridine rings is 1. The van der Waals surface area contributed by atoms with Gasteiger partial charge < -0.3 is 10.6 Å². The van der Waals surface area contributed by atoms with Gasteiger partial charge in [0.15, 0.2) is 5.82 Å². The molecule has 3 N–H and O–H groups in total. The molecule has 3 rings (SSSR count). The van der Waals surface area contributed by atoms with Crippen molar-refractivity contribution in [2.75, 3.05) is 23.7 Å². The zero-order valence-corrected chi connectivity index (χ0v) is 13.6. The number of aromatic nitrogens is 1. The Morgan fingerprint density at radius 1 is 1.38 bits per heavy atom. The van der Waals surface area contributed by atoms with Gasteiger partial charge in [-0.25, -0.2) is 19.2 Å². The minimum Gasteiger partial charge on any atom is -0.376 e. The number of carbonyl (C=O) groups excluding carboxylic acids is 1. The van der Waals surface area contributed by atoms with Crippen LogP contribution in [0.15, 0.2) is 35.3 Å². The van der Waals surface area contributed by atoms with Crippen LogP contribution in [0.4, 0.5) is 26.5 Å². The maximum absolute atomic E-state index is 13.3. The Balaban J connectivity index is 1.88. The van der Waals surface area contributed by atoms with Crippen LogP contribution in [0.1, 0.15) is 12.5 Å². The first-order valence-corrected chi connectivity index (χ1v) is 7.77. The third kappa shape index (κ3) is 3.46. The average molecular weight is 348 g/mol. The highest BCUT2D eigenvalue weighted by atomic mass is 35.5. The molecule has 8 heteroatoms. The van der Waals surface area contributed by atoms with Gasteiger partial charge in [0, 0.05) is 6.54 Å². The third-order valence-corrected chi connectivity index (χ3v) is 3.68. The summed E-state index contributed by atoms with van der Waals surface area (Å²) < 4.78 is 13.3. The van der Waals surface area contributed by atoms with E-state index in [0.29, 0.717) is 36.0 Å². The lowest BCUT2D eigenvalue weighted by Crippen LogP contribution is -2.28. The normalized spacial score (nSPS) is 12.7. The first-order valence-electron chi connectivity index (χ1n) is 7.39. The fourth-order valence-electron chi connectivity index (χ4n) is 2.25. The van der Waals surface area contributed by atoms with Gasteiger partial charge in [-0.3, -0.25) is 5.32 Å². The second-order valence-corrected chi connectivity index (χ2v) is 5.50. The van der Waals surface area contributed by atoms with E-state index in [1.165, 1.54) is 12.1 Å². The lowest BCUT2D eigenvalue weighted by molar-refractivity contribution is 0.252. The molecule has 0 bridgehead atoms. The van der Waals surface area contributed by atoms with Crippen LogP contribution in [-0.4, -0.2) is 29.8 Å². The molecule has 2 aromatic rings. The van der Waals surface area contributed by atoms with Crippen molar-refractivity contribution in [2.45, 2.75) is 6.92 Å². The molecule has 0 spiro atoms. The van der Waals surface area contributed by atoms with Crippen molar-refractivity contribution in [1.82, 2.24) is 10.3 Å². The van der Waals surface area contributed by atoms with E-state index in [9.17, 15) is 9.18 Å². The number of nitrogens with one attached hydrogen (secondary N) is 3. The van der Waals surface area contributed by atoms with E-state index in [2.05, 4.69) is 25.9 Å². The smallest absolute Gasteiger partial charge is 0.320 e. The van der Waals surface area contributed by atoms with Crippen molar-refractivity contribution in [1.29, 1.82) is 0 Å². The summed E-state index contributed by atoms with van der Waals surface area (Å²) in [5.41, 5.74) is 2.16. The van der Waals surface area contributed by atoms with Gasteiger partial charge in [-0.05, 0) is 36.8 Å². The molecule has 1 aromatic heterocycles. The van der Waals surface area contributed by atoms with E-state index in [-0.39, 0.29) is 11.1 Å². The van der Waals surface area contributed by atoms with Gasteiger partial charge in [0.25, 0.3) is 0 Å². The van der Waals surface area contributed by atoms with Crippen LogP contribution in [0.3, 0.4) is 0 Å². The molecule has 24 heavy (non-hydrogen) atoms. The van der Waals surface area contributed by atoms with Gasteiger partial charge in [0.1, 0.15) is 11.6 Å². The average Bonchev–Trinajstić information content (AvgIpc) is 2.57. The largest absolute Gasteiger partial charge is 0.376 e. The van der Waals surface area contributed by atoms with Crippen LogP contribution in [0.2, 0.25) is 5.02 Å². The molecule has 124 valence electrons. The molecule has 0 saturated carbocycles. The first kappa shape index (κ1) is 16.2. The zero-order chi connectivity index (χ0) is 17.1. The molecule has 2 heterocycles. The van der Waals surface area contributed by atoms with Gasteiger partial charge in [-0.2, -0.15) is 0 Å². The molecule has 2 amide bonds. The lowest BCUT2D eigenvalue weighted by Gasteiger charge is -2.18. The van der Waals surface area contributed by atoms with Crippen molar-refractivity contribution in [3.8, 4) is 0 Å². The molecule has 0 saturated heterocycles.